The van der Waals surface area contributed by atoms with Gasteiger partial charge in [-0.05, 0) is 63.9 Å². The van der Waals surface area contributed by atoms with Gasteiger partial charge in [-0.1, -0.05) is 48.4 Å². The van der Waals surface area contributed by atoms with Gasteiger partial charge in [-0.2, -0.15) is 0 Å². The molecule has 172 valence electrons. The molecular formula is C26H38ClNO3. The number of hydrogen-bond donors (Lipinski definition) is 2. The van der Waals surface area contributed by atoms with Crippen LogP contribution in [0.1, 0.15) is 65.4 Å². The number of quaternary nitrogens is 1. The van der Waals surface area contributed by atoms with E-state index in [0.29, 0.717) is 6.54 Å². The molecule has 3 aliphatic rings. The molecule has 1 saturated carbocycles. The molecule has 0 bridgehead atoms. The highest BCUT2D eigenvalue weighted by Crippen LogP contribution is 2.54. The molecule has 6 atom stereocenters. The number of esters is 1. The van der Waals surface area contributed by atoms with Crippen LogP contribution in [0.25, 0.3) is 0 Å². The molecule has 3 unspecified atom stereocenters. The molecule has 1 aromatic rings. The third kappa shape index (κ3) is 4.72. The fourth-order valence-electron chi connectivity index (χ4n) is 6.38. The lowest BCUT2D eigenvalue weighted by atomic mass is 9.59. The monoisotopic (exact) mass is 447 g/mol. The van der Waals surface area contributed by atoms with E-state index < -0.39 is 5.60 Å². The standard InChI is InChI=1S/C26H37NO3.ClH/c1-5-27(17-26(4,29)19-11-7-6-8-12-19)16-21-20-14-22-18(2)10-9-13-25(22,3)15-23(20)30-24(21)28;/h6-8,11-12,20-21,23,29H,5,9-10,13-17H2,1-4H3;1H/t20-,21?,23-,25-,26?;/m1./s1. The van der Waals surface area contributed by atoms with E-state index in [0.717, 1.165) is 31.5 Å². The number of ether oxygens (including phenoxy) is 1. The average molecular weight is 448 g/mol. The first-order valence-electron chi connectivity index (χ1n) is 11.7. The van der Waals surface area contributed by atoms with Gasteiger partial charge in [0.25, 0.3) is 0 Å². The second-order valence-electron chi connectivity index (χ2n) is 10.5. The van der Waals surface area contributed by atoms with Gasteiger partial charge in [0.05, 0.1) is 13.1 Å². The quantitative estimate of drug-likeness (QED) is 0.486. The minimum atomic E-state index is -0.915. The highest BCUT2D eigenvalue weighted by atomic mass is 35.5. The number of nitrogens with one attached hydrogen (secondary N) is 1. The summed E-state index contributed by atoms with van der Waals surface area (Å²) in [7, 11) is 0. The van der Waals surface area contributed by atoms with Crippen molar-refractivity contribution in [1.29, 1.82) is 0 Å². The van der Waals surface area contributed by atoms with Gasteiger partial charge < -0.3 is 27.2 Å². The zero-order chi connectivity index (χ0) is 21.5. The number of benzene rings is 1. The first kappa shape index (κ1) is 24.3. The van der Waals surface area contributed by atoms with Crippen molar-refractivity contribution < 1.29 is 31.9 Å². The van der Waals surface area contributed by atoms with E-state index in [4.69, 9.17) is 4.74 Å². The Bertz CT molecular complexity index is 821. The lowest BCUT2D eigenvalue weighted by Gasteiger charge is -2.45. The average Bonchev–Trinajstić information content (AvgIpc) is 3.00. The molecule has 2 aliphatic carbocycles. The fourth-order valence-corrected chi connectivity index (χ4v) is 6.38. The predicted octanol–water partition coefficient (Wildman–Crippen LogP) is 0.261. The summed E-state index contributed by atoms with van der Waals surface area (Å²) in [5.74, 6) is 0.205. The topological polar surface area (TPSA) is 51.0 Å². The molecule has 0 amide bonds. The molecular weight excluding hydrogens is 410 g/mol. The number of allylic oxidation sites excluding steroid dienone is 2. The molecule has 1 aliphatic heterocycles. The molecule has 4 rings (SSSR count). The number of aliphatic hydroxyl groups is 1. The Hall–Kier alpha value is -1.36. The third-order valence-electron chi connectivity index (χ3n) is 8.18. The van der Waals surface area contributed by atoms with Gasteiger partial charge in [-0.3, -0.25) is 4.79 Å². The summed E-state index contributed by atoms with van der Waals surface area (Å²) in [4.78, 5) is 14.2. The molecule has 5 heteroatoms. The highest BCUT2D eigenvalue weighted by Gasteiger charge is 2.54. The SMILES string of the molecule is CC[NH+](CC1C(=O)O[C@@H]2C[C@@]3(C)CCCC(C)=C3C[C@H]12)CC(C)(O)c1ccccc1.[Cl-]. The maximum absolute atomic E-state index is 12.9. The second-order valence-corrected chi connectivity index (χ2v) is 10.5. The summed E-state index contributed by atoms with van der Waals surface area (Å²) < 4.78 is 5.95. The largest absolute Gasteiger partial charge is 1.00 e. The Kier molecular flexibility index (Phi) is 7.25. The van der Waals surface area contributed by atoms with Crippen molar-refractivity contribution in [3.63, 3.8) is 0 Å². The van der Waals surface area contributed by atoms with Crippen molar-refractivity contribution >= 4 is 5.97 Å². The van der Waals surface area contributed by atoms with Crippen molar-refractivity contribution in [3.05, 3.63) is 47.0 Å². The van der Waals surface area contributed by atoms with Crippen molar-refractivity contribution in [3.8, 4) is 0 Å². The summed E-state index contributed by atoms with van der Waals surface area (Å²) >= 11 is 0. The molecule has 4 nitrogen and oxygen atoms in total. The van der Waals surface area contributed by atoms with Crippen LogP contribution in [0.15, 0.2) is 41.5 Å². The van der Waals surface area contributed by atoms with Crippen LogP contribution in [-0.2, 0) is 15.1 Å². The van der Waals surface area contributed by atoms with E-state index in [1.165, 1.54) is 24.2 Å². The Morgan fingerprint density at radius 3 is 2.68 bits per heavy atom. The van der Waals surface area contributed by atoms with Crippen LogP contribution in [0.3, 0.4) is 0 Å². The van der Waals surface area contributed by atoms with Crippen molar-refractivity contribution in [1.82, 2.24) is 0 Å². The first-order valence-corrected chi connectivity index (χ1v) is 11.7. The van der Waals surface area contributed by atoms with E-state index in [-0.39, 0.29) is 41.7 Å². The van der Waals surface area contributed by atoms with Crippen molar-refractivity contribution in [2.24, 2.45) is 17.3 Å². The third-order valence-corrected chi connectivity index (χ3v) is 8.18. The molecule has 1 aromatic carbocycles. The summed E-state index contributed by atoms with van der Waals surface area (Å²) in [6.45, 7) is 10.9. The number of carbonyl (C=O) groups excluding carboxylic acids is 1. The smallest absolute Gasteiger partial charge is 0.315 e. The number of fused-ring (bicyclic) bond motifs is 2. The molecule has 0 spiro atoms. The first-order chi connectivity index (χ1) is 14.2. The maximum atomic E-state index is 12.9. The van der Waals surface area contributed by atoms with Gasteiger partial charge in [-0.15, -0.1) is 0 Å². The van der Waals surface area contributed by atoms with Gasteiger partial charge in [0, 0.05) is 5.92 Å². The molecule has 1 heterocycles. The van der Waals surface area contributed by atoms with Crippen LogP contribution in [0, 0.1) is 17.3 Å². The number of hydrogen-bond acceptors (Lipinski definition) is 3. The van der Waals surface area contributed by atoms with Gasteiger partial charge in [0.15, 0.2) is 0 Å². The summed E-state index contributed by atoms with van der Waals surface area (Å²) in [5.41, 5.74) is 3.38. The Morgan fingerprint density at radius 2 is 2.00 bits per heavy atom. The molecule has 2 N–H and O–H groups in total. The number of halogens is 1. The van der Waals surface area contributed by atoms with Gasteiger partial charge in [0.2, 0.25) is 0 Å². The Morgan fingerprint density at radius 1 is 1.29 bits per heavy atom. The molecule has 0 radical (unpaired) electrons. The number of rotatable bonds is 6. The van der Waals surface area contributed by atoms with Crippen molar-refractivity contribution in [2.75, 3.05) is 19.6 Å². The van der Waals surface area contributed by atoms with E-state index in [1.807, 2.05) is 37.3 Å². The zero-order valence-corrected chi connectivity index (χ0v) is 20.2. The molecule has 2 fully saturated rings. The normalized spacial score (nSPS) is 32.9. The predicted molar refractivity (Wildman–Crippen MR) is 118 cm³/mol. The number of likely N-dealkylation sites (N-methyl/N-ethyl adjacent to an activating group) is 1. The van der Waals surface area contributed by atoms with Crippen LogP contribution >= 0.6 is 0 Å². The molecule has 31 heavy (non-hydrogen) atoms. The lowest BCUT2D eigenvalue weighted by Crippen LogP contribution is -3.14. The van der Waals surface area contributed by atoms with Gasteiger partial charge in [-0.25, -0.2) is 0 Å². The van der Waals surface area contributed by atoms with Crippen LogP contribution in [0.4, 0.5) is 0 Å². The summed E-state index contributed by atoms with van der Waals surface area (Å²) in [6, 6.07) is 9.86. The fraction of sp³-hybridized carbons (Fsp3) is 0.654. The van der Waals surface area contributed by atoms with E-state index >= 15 is 0 Å². The second kappa shape index (κ2) is 9.25. The van der Waals surface area contributed by atoms with Crippen LogP contribution in [0.2, 0.25) is 0 Å². The van der Waals surface area contributed by atoms with Gasteiger partial charge in [0.1, 0.15) is 24.2 Å². The minimum Gasteiger partial charge on any atom is -1.00 e. The van der Waals surface area contributed by atoms with Crippen LogP contribution < -0.4 is 17.3 Å². The van der Waals surface area contributed by atoms with E-state index in [1.54, 1.807) is 11.1 Å². The maximum Gasteiger partial charge on any atom is 0.315 e. The zero-order valence-electron chi connectivity index (χ0n) is 19.4. The van der Waals surface area contributed by atoms with Crippen LogP contribution in [0.5, 0.6) is 0 Å². The van der Waals surface area contributed by atoms with E-state index in [2.05, 4.69) is 20.8 Å². The summed E-state index contributed by atoms with van der Waals surface area (Å²) in [5, 5.41) is 11.1. The number of carbonyl (C=O) groups is 1. The Labute approximate surface area is 193 Å². The Balaban J connectivity index is 0.00000272. The van der Waals surface area contributed by atoms with Crippen molar-refractivity contribution in [2.45, 2.75) is 71.5 Å². The lowest BCUT2D eigenvalue weighted by molar-refractivity contribution is -0.908. The molecule has 1 saturated heterocycles. The summed E-state index contributed by atoms with van der Waals surface area (Å²) in [6.07, 6.45) is 5.73. The van der Waals surface area contributed by atoms with E-state index in [9.17, 15) is 9.90 Å². The molecule has 0 aromatic heterocycles. The highest BCUT2D eigenvalue weighted by molar-refractivity contribution is 5.75. The minimum absolute atomic E-state index is 0. The van der Waals surface area contributed by atoms with Crippen LogP contribution in [-0.4, -0.2) is 36.8 Å². The van der Waals surface area contributed by atoms with Gasteiger partial charge >= 0.3 is 5.97 Å².